The molecule has 1 aliphatic heterocycles. The van der Waals surface area contributed by atoms with Gasteiger partial charge in [-0.25, -0.2) is 9.38 Å². The summed E-state index contributed by atoms with van der Waals surface area (Å²) in [6.07, 6.45) is 3.63. The molecule has 4 rings (SSSR count). The third-order valence-electron chi connectivity index (χ3n) is 5.40. The van der Waals surface area contributed by atoms with E-state index in [0.29, 0.717) is 25.6 Å². The summed E-state index contributed by atoms with van der Waals surface area (Å²) in [5, 5.41) is 12.0. The minimum absolute atomic E-state index is 0.143. The van der Waals surface area contributed by atoms with E-state index >= 15 is 0 Å². The van der Waals surface area contributed by atoms with Gasteiger partial charge in [-0.2, -0.15) is 0 Å². The lowest BCUT2D eigenvalue weighted by Crippen LogP contribution is -2.33. The van der Waals surface area contributed by atoms with E-state index in [9.17, 15) is 0 Å². The normalized spacial score (nSPS) is 19.3. The Hall–Kier alpha value is -0.910. The minimum atomic E-state index is -0.261. The summed E-state index contributed by atoms with van der Waals surface area (Å²) in [5.41, 5.74) is 2.06. The van der Waals surface area contributed by atoms with Crippen molar-refractivity contribution < 1.29 is 14.2 Å². The summed E-state index contributed by atoms with van der Waals surface area (Å²) < 4.78 is 19.6. The van der Waals surface area contributed by atoms with Crippen LogP contribution >= 0.6 is 34.9 Å². The van der Waals surface area contributed by atoms with E-state index in [2.05, 4.69) is 28.4 Å². The largest absolute Gasteiger partial charge is 0.369 e. The number of aromatic nitrogens is 4. The Balaban J connectivity index is 1.76. The molecule has 7 nitrogen and oxygen atoms in total. The summed E-state index contributed by atoms with van der Waals surface area (Å²) in [5.74, 6) is 0.651. The third kappa shape index (κ3) is 4.10. The van der Waals surface area contributed by atoms with Gasteiger partial charge in [0.25, 0.3) is 0 Å². The molecule has 0 radical (unpaired) electrons. The van der Waals surface area contributed by atoms with Crippen LogP contribution in [0.2, 0.25) is 0 Å². The maximum Gasteiger partial charge on any atom is 0.197 e. The summed E-state index contributed by atoms with van der Waals surface area (Å²) in [6.45, 7) is 10.2. The fourth-order valence-corrected chi connectivity index (χ4v) is 6.26. The molecular weight excluding hydrogens is 440 g/mol. The van der Waals surface area contributed by atoms with Crippen LogP contribution in [0.5, 0.6) is 0 Å². The molecule has 0 amide bonds. The molecule has 0 fully saturated rings. The number of nitrogens with zero attached hydrogens (tertiary/aromatic N) is 4. The number of rotatable bonds is 9. The molecule has 1 aliphatic rings. The molecule has 4 heterocycles. The topological polar surface area (TPSA) is 70.8 Å². The van der Waals surface area contributed by atoms with Crippen molar-refractivity contribution in [3.63, 3.8) is 0 Å². The second-order valence-electron chi connectivity index (χ2n) is 7.34. The first-order valence-corrected chi connectivity index (χ1v) is 13.3. The number of hydrogen-bond donors (Lipinski definition) is 0. The average molecular weight is 469 g/mol. The number of ether oxygens (including phenoxy) is 3. The highest BCUT2D eigenvalue weighted by Crippen LogP contribution is 2.42. The molecule has 0 N–H and O–H groups in total. The van der Waals surface area contributed by atoms with E-state index in [-0.39, 0.29) is 11.9 Å². The highest BCUT2D eigenvalue weighted by molar-refractivity contribution is 7.99. The van der Waals surface area contributed by atoms with E-state index in [1.54, 1.807) is 34.9 Å². The van der Waals surface area contributed by atoms with Crippen LogP contribution in [-0.2, 0) is 27.2 Å². The van der Waals surface area contributed by atoms with Crippen molar-refractivity contribution in [3.8, 4) is 0 Å². The smallest absolute Gasteiger partial charge is 0.197 e. The van der Waals surface area contributed by atoms with Crippen molar-refractivity contribution in [2.24, 2.45) is 0 Å². The van der Waals surface area contributed by atoms with E-state index < -0.39 is 0 Å². The summed E-state index contributed by atoms with van der Waals surface area (Å²) >= 11 is 4.92. The zero-order valence-electron chi connectivity index (χ0n) is 18.1. The molecular formula is C20H28N4O3S3. The SMILES string of the molecule is CCOC(CSc1nnc2c3c4c(sc3nc(SC)n12)COC(C)(CC)C4)OCC. The highest BCUT2D eigenvalue weighted by atomic mass is 32.2. The van der Waals surface area contributed by atoms with Crippen LogP contribution in [0.15, 0.2) is 10.3 Å². The lowest BCUT2D eigenvalue weighted by molar-refractivity contribution is -0.120. The number of hydrogen-bond acceptors (Lipinski definition) is 9. The Morgan fingerprint density at radius 3 is 2.63 bits per heavy atom. The fourth-order valence-electron chi connectivity index (χ4n) is 3.63. The van der Waals surface area contributed by atoms with Crippen molar-refractivity contribution in [1.82, 2.24) is 19.6 Å². The predicted octanol–water partition coefficient (Wildman–Crippen LogP) is 4.79. The van der Waals surface area contributed by atoms with Crippen LogP contribution in [0.4, 0.5) is 0 Å². The third-order valence-corrected chi connectivity index (χ3v) is 8.10. The van der Waals surface area contributed by atoms with Gasteiger partial charge in [0.2, 0.25) is 0 Å². The standard InChI is InChI=1S/C20H28N4O3S3/c1-6-20(4)9-12-13(10-27-20)30-17-15(12)16-22-23-19(24(16)18(21-17)28-5)29-11-14(25-7-2)26-8-3/h14H,6-11H2,1-5H3. The van der Waals surface area contributed by atoms with Crippen LogP contribution in [0.1, 0.15) is 44.6 Å². The van der Waals surface area contributed by atoms with Gasteiger partial charge < -0.3 is 14.2 Å². The van der Waals surface area contributed by atoms with Gasteiger partial charge in [0.15, 0.2) is 22.3 Å². The summed E-state index contributed by atoms with van der Waals surface area (Å²) in [7, 11) is 0. The maximum absolute atomic E-state index is 6.16. The molecule has 3 aromatic rings. The van der Waals surface area contributed by atoms with Crippen molar-refractivity contribution in [3.05, 3.63) is 10.4 Å². The maximum atomic E-state index is 6.16. The van der Waals surface area contributed by atoms with E-state index in [1.807, 2.05) is 20.1 Å². The number of thioether (sulfide) groups is 2. The first-order valence-electron chi connectivity index (χ1n) is 10.3. The molecule has 164 valence electrons. The number of thiophene rings is 1. The van der Waals surface area contributed by atoms with Gasteiger partial charge >= 0.3 is 0 Å². The predicted molar refractivity (Wildman–Crippen MR) is 123 cm³/mol. The molecule has 1 unspecified atom stereocenters. The van der Waals surface area contributed by atoms with Crippen LogP contribution in [-0.4, -0.2) is 56.7 Å². The van der Waals surface area contributed by atoms with Gasteiger partial charge in [-0.05, 0) is 39.0 Å². The highest BCUT2D eigenvalue weighted by Gasteiger charge is 2.33. The first-order chi connectivity index (χ1) is 14.5. The molecule has 1 atom stereocenters. The van der Waals surface area contributed by atoms with E-state index in [0.717, 1.165) is 39.0 Å². The quantitative estimate of drug-likeness (QED) is 0.252. The average Bonchev–Trinajstić information content (AvgIpc) is 3.32. The second kappa shape index (κ2) is 9.30. The van der Waals surface area contributed by atoms with Gasteiger partial charge in [0.05, 0.1) is 23.3 Å². The molecule has 0 saturated carbocycles. The summed E-state index contributed by atoms with van der Waals surface area (Å²) in [4.78, 5) is 7.24. The Bertz CT molecular complexity index is 1030. The molecule has 0 aliphatic carbocycles. The Morgan fingerprint density at radius 2 is 1.97 bits per heavy atom. The molecule has 0 bridgehead atoms. The van der Waals surface area contributed by atoms with Crippen molar-refractivity contribution in [2.45, 2.75) is 69.3 Å². The molecule has 30 heavy (non-hydrogen) atoms. The molecule has 3 aromatic heterocycles. The number of fused-ring (bicyclic) bond motifs is 5. The van der Waals surface area contributed by atoms with Gasteiger partial charge in [-0.1, -0.05) is 30.4 Å². The second-order valence-corrected chi connectivity index (χ2v) is 10.2. The zero-order valence-corrected chi connectivity index (χ0v) is 20.5. The lowest BCUT2D eigenvalue weighted by Gasteiger charge is -2.33. The van der Waals surface area contributed by atoms with Gasteiger partial charge in [0.1, 0.15) is 4.83 Å². The molecule has 0 spiro atoms. The van der Waals surface area contributed by atoms with Crippen LogP contribution in [0.3, 0.4) is 0 Å². The molecule has 0 saturated heterocycles. The fraction of sp³-hybridized carbons (Fsp3) is 0.650. The lowest BCUT2D eigenvalue weighted by atomic mass is 9.90. The van der Waals surface area contributed by atoms with Crippen molar-refractivity contribution >= 4 is 50.7 Å². The van der Waals surface area contributed by atoms with Crippen molar-refractivity contribution in [1.29, 1.82) is 0 Å². The van der Waals surface area contributed by atoms with Crippen LogP contribution in [0.25, 0.3) is 15.9 Å². The zero-order chi connectivity index (χ0) is 21.3. The first kappa shape index (κ1) is 22.3. The van der Waals surface area contributed by atoms with E-state index in [4.69, 9.17) is 19.2 Å². The Morgan fingerprint density at radius 1 is 1.20 bits per heavy atom. The minimum Gasteiger partial charge on any atom is -0.369 e. The van der Waals surface area contributed by atoms with E-state index in [1.165, 1.54) is 10.4 Å². The summed E-state index contributed by atoms with van der Waals surface area (Å²) in [6, 6.07) is 0. The van der Waals surface area contributed by atoms with Crippen molar-refractivity contribution in [2.75, 3.05) is 25.2 Å². The molecule has 10 heteroatoms. The van der Waals surface area contributed by atoms with Gasteiger partial charge in [0, 0.05) is 24.5 Å². The van der Waals surface area contributed by atoms with Crippen LogP contribution < -0.4 is 0 Å². The van der Waals surface area contributed by atoms with Gasteiger partial charge in [-0.3, -0.25) is 0 Å². The Labute approximate surface area is 189 Å². The van der Waals surface area contributed by atoms with Gasteiger partial charge in [-0.15, -0.1) is 21.5 Å². The van der Waals surface area contributed by atoms with Crippen LogP contribution in [0, 0.1) is 0 Å². The monoisotopic (exact) mass is 468 g/mol. The molecule has 0 aromatic carbocycles. The Kier molecular flexibility index (Phi) is 6.91.